The van der Waals surface area contributed by atoms with Gasteiger partial charge in [0.25, 0.3) is 0 Å². The Balaban J connectivity index is 2.14. The number of thioether (sulfide) groups is 1. The van der Waals surface area contributed by atoms with E-state index in [2.05, 4.69) is 0 Å². The predicted molar refractivity (Wildman–Crippen MR) is 63.0 cm³/mol. The lowest BCUT2D eigenvalue weighted by Gasteiger charge is -2.16. The molecule has 0 aromatic heterocycles. The number of carbonyl (C=O) groups is 1. The van der Waals surface area contributed by atoms with E-state index < -0.39 is 12.1 Å². The first kappa shape index (κ1) is 11.3. The third kappa shape index (κ3) is 2.50. The fraction of sp³-hybridized carbons (Fsp3) is 0.417. The molecule has 1 aliphatic carbocycles. The first-order valence-corrected chi connectivity index (χ1v) is 6.47. The van der Waals surface area contributed by atoms with E-state index >= 15 is 0 Å². The number of benzene rings is 1. The third-order valence-electron chi connectivity index (χ3n) is 2.62. The molecule has 2 rings (SSSR count). The SMILES string of the molecule is CSc1ccccc1OC(C(=O)O)C1CC1. The van der Waals surface area contributed by atoms with E-state index in [0.717, 1.165) is 17.7 Å². The molecule has 4 heteroatoms. The van der Waals surface area contributed by atoms with Crippen LogP contribution in [0, 0.1) is 5.92 Å². The van der Waals surface area contributed by atoms with E-state index in [1.807, 2.05) is 30.5 Å². The molecule has 1 aliphatic rings. The van der Waals surface area contributed by atoms with Crippen LogP contribution in [-0.2, 0) is 4.79 Å². The zero-order valence-electron chi connectivity index (χ0n) is 9.05. The van der Waals surface area contributed by atoms with Crippen LogP contribution in [0.2, 0.25) is 0 Å². The van der Waals surface area contributed by atoms with Crippen LogP contribution in [0.15, 0.2) is 29.2 Å². The molecule has 0 heterocycles. The van der Waals surface area contributed by atoms with E-state index in [1.54, 1.807) is 11.8 Å². The van der Waals surface area contributed by atoms with Crippen molar-refractivity contribution >= 4 is 17.7 Å². The molecule has 1 N–H and O–H groups in total. The van der Waals surface area contributed by atoms with Crippen molar-refractivity contribution < 1.29 is 14.6 Å². The highest BCUT2D eigenvalue weighted by Gasteiger charge is 2.38. The first-order chi connectivity index (χ1) is 7.72. The lowest BCUT2D eigenvalue weighted by molar-refractivity contribution is -0.146. The Bertz CT molecular complexity index is 388. The van der Waals surface area contributed by atoms with Crippen LogP contribution in [0.25, 0.3) is 0 Å². The van der Waals surface area contributed by atoms with Gasteiger partial charge in [0, 0.05) is 10.8 Å². The quantitative estimate of drug-likeness (QED) is 0.801. The summed E-state index contributed by atoms with van der Waals surface area (Å²) in [4.78, 5) is 12.0. The summed E-state index contributed by atoms with van der Waals surface area (Å²) in [5.74, 6) is 0.000110. The van der Waals surface area contributed by atoms with Crippen molar-refractivity contribution in [3.05, 3.63) is 24.3 Å². The average molecular weight is 238 g/mol. The molecule has 16 heavy (non-hydrogen) atoms. The van der Waals surface area contributed by atoms with Gasteiger partial charge in [-0.1, -0.05) is 12.1 Å². The summed E-state index contributed by atoms with van der Waals surface area (Å²) in [7, 11) is 0. The van der Waals surface area contributed by atoms with Crippen LogP contribution in [0.5, 0.6) is 5.75 Å². The highest BCUT2D eigenvalue weighted by atomic mass is 32.2. The average Bonchev–Trinajstić information content (AvgIpc) is 3.10. The minimum absolute atomic E-state index is 0.187. The number of hydrogen-bond donors (Lipinski definition) is 1. The zero-order valence-corrected chi connectivity index (χ0v) is 9.87. The van der Waals surface area contributed by atoms with Crippen molar-refractivity contribution in [1.29, 1.82) is 0 Å². The van der Waals surface area contributed by atoms with E-state index in [-0.39, 0.29) is 5.92 Å². The van der Waals surface area contributed by atoms with Crippen molar-refractivity contribution in [2.75, 3.05) is 6.26 Å². The van der Waals surface area contributed by atoms with Gasteiger partial charge in [0.05, 0.1) is 0 Å². The maximum atomic E-state index is 11.1. The molecule has 1 fully saturated rings. The second kappa shape index (κ2) is 4.78. The van der Waals surface area contributed by atoms with E-state index in [9.17, 15) is 4.79 Å². The van der Waals surface area contributed by atoms with Crippen molar-refractivity contribution in [2.45, 2.75) is 23.8 Å². The van der Waals surface area contributed by atoms with Gasteiger partial charge in [-0.25, -0.2) is 4.79 Å². The van der Waals surface area contributed by atoms with Crippen LogP contribution in [0.3, 0.4) is 0 Å². The molecule has 86 valence electrons. The van der Waals surface area contributed by atoms with Crippen molar-refractivity contribution in [3.63, 3.8) is 0 Å². The van der Waals surface area contributed by atoms with E-state index in [0.29, 0.717) is 5.75 Å². The van der Waals surface area contributed by atoms with Crippen molar-refractivity contribution in [2.24, 2.45) is 5.92 Å². The number of aliphatic carboxylic acids is 1. The van der Waals surface area contributed by atoms with Gasteiger partial charge >= 0.3 is 5.97 Å². The summed E-state index contributed by atoms with van der Waals surface area (Å²) >= 11 is 1.56. The molecule has 1 unspecified atom stereocenters. The van der Waals surface area contributed by atoms with Gasteiger partial charge in [-0.05, 0) is 31.2 Å². The third-order valence-corrected chi connectivity index (χ3v) is 3.39. The highest BCUT2D eigenvalue weighted by molar-refractivity contribution is 7.98. The minimum Gasteiger partial charge on any atom is -0.478 e. The van der Waals surface area contributed by atoms with Crippen LogP contribution in [0.1, 0.15) is 12.8 Å². The second-order valence-electron chi connectivity index (χ2n) is 3.86. The Hall–Kier alpha value is -1.16. The first-order valence-electron chi connectivity index (χ1n) is 5.25. The summed E-state index contributed by atoms with van der Waals surface area (Å²) in [5.41, 5.74) is 0. The molecular weight excluding hydrogens is 224 g/mol. The molecular formula is C12H14O3S. The van der Waals surface area contributed by atoms with Gasteiger partial charge in [0.15, 0.2) is 6.10 Å². The number of hydrogen-bond acceptors (Lipinski definition) is 3. The number of carboxylic acid groups (broad SMARTS) is 1. The molecule has 0 bridgehead atoms. The lowest BCUT2D eigenvalue weighted by Crippen LogP contribution is -2.29. The molecule has 1 aromatic carbocycles. The molecule has 1 aromatic rings. The summed E-state index contributed by atoms with van der Waals surface area (Å²) in [5, 5.41) is 9.08. The summed E-state index contributed by atoms with van der Waals surface area (Å²) in [6.45, 7) is 0. The highest BCUT2D eigenvalue weighted by Crippen LogP contribution is 2.37. The lowest BCUT2D eigenvalue weighted by atomic mass is 10.2. The Labute approximate surface area is 98.8 Å². The Kier molecular flexibility index (Phi) is 3.39. The number of carboxylic acids is 1. The molecule has 0 radical (unpaired) electrons. The van der Waals surface area contributed by atoms with Gasteiger partial charge in [0.1, 0.15) is 5.75 Å². The summed E-state index contributed by atoms with van der Waals surface area (Å²) < 4.78 is 5.60. The molecule has 0 spiro atoms. The maximum absolute atomic E-state index is 11.1. The molecule has 3 nitrogen and oxygen atoms in total. The predicted octanol–water partition coefficient (Wildman–Crippen LogP) is 2.65. The smallest absolute Gasteiger partial charge is 0.345 e. The van der Waals surface area contributed by atoms with Gasteiger partial charge in [0.2, 0.25) is 0 Å². The monoisotopic (exact) mass is 238 g/mol. The zero-order chi connectivity index (χ0) is 11.5. The topological polar surface area (TPSA) is 46.5 Å². The number of ether oxygens (including phenoxy) is 1. The Morgan fingerprint density at radius 2 is 2.19 bits per heavy atom. The van der Waals surface area contributed by atoms with Gasteiger partial charge < -0.3 is 9.84 Å². The van der Waals surface area contributed by atoms with Crippen molar-refractivity contribution in [1.82, 2.24) is 0 Å². The molecule has 1 saturated carbocycles. The fourth-order valence-electron chi connectivity index (χ4n) is 1.60. The van der Waals surface area contributed by atoms with Crippen LogP contribution in [-0.4, -0.2) is 23.4 Å². The normalized spacial score (nSPS) is 16.8. The fourth-order valence-corrected chi connectivity index (χ4v) is 2.13. The molecule has 0 aliphatic heterocycles. The van der Waals surface area contributed by atoms with Gasteiger partial charge in [-0.3, -0.25) is 0 Å². The van der Waals surface area contributed by atoms with Crippen molar-refractivity contribution in [3.8, 4) is 5.75 Å². The summed E-state index contributed by atoms with van der Waals surface area (Å²) in [6, 6.07) is 7.54. The second-order valence-corrected chi connectivity index (χ2v) is 4.71. The van der Waals surface area contributed by atoms with Gasteiger partial charge in [-0.15, -0.1) is 11.8 Å². The Morgan fingerprint density at radius 3 is 2.75 bits per heavy atom. The number of rotatable bonds is 5. The van der Waals surface area contributed by atoms with Crippen LogP contribution < -0.4 is 4.74 Å². The molecule has 0 saturated heterocycles. The minimum atomic E-state index is -0.863. The van der Waals surface area contributed by atoms with Crippen LogP contribution in [0.4, 0.5) is 0 Å². The van der Waals surface area contributed by atoms with Gasteiger partial charge in [-0.2, -0.15) is 0 Å². The standard InChI is InChI=1S/C12H14O3S/c1-16-10-5-3-2-4-9(10)15-11(12(13)14)8-6-7-8/h2-5,8,11H,6-7H2,1H3,(H,13,14). The molecule has 1 atom stereocenters. The van der Waals surface area contributed by atoms with E-state index in [1.165, 1.54) is 0 Å². The summed E-state index contributed by atoms with van der Waals surface area (Å²) in [6.07, 6.45) is 3.18. The Morgan fingerprint density at radius 1 is 1.50 bits per heavy atom. The molecule has 0 amide bonds. The van der Waals surface area contributed by atoms with E-state index in [4.69, 9.17) is 9.84 Å². The number of para-hydroxylation sites is 1. The maximum Gasteiger partial charge on any atom is 0.345 e. The van der Waals surface area contributed by atoms with Crippen LogP contribution >= 0.6 is 11.8 Å². The largest absolute Gasteiger partial charge is 0.478 e.